The van der Waals surface area contributed by atoms with E-state index in [0.29, 0.717) is 31.6 Å². The van der Waals surface area contributed by atoms with E-state index < -0.39 is 0 Å². The van der Waals surface area contributed by atoms with Crippen LogP contribution in [0.3, 0.4) is 0 Å². The van der Waals surface area contributed by atoms with Gasteiger partial charge in [-0.25, -0.2) is 0 Å². The Balaban J connectivity index is 1.77. The summed E-state index contributed by atoms with van der Waals surface area (Å²) in [7, 11) is 0. The average Bonchev–Trinajstić information content (AvgIpc) is 2.84. The second kappa shape index (κ2) is 6.96. The first-order valence-corrected chi connectivity index (χ1v) is 13.5. The van der Waals surface area contributed by atoms with Crippen molar-refractivity contribution in [3.8, 4) is 0 Å². The van der Waals surface area contributed by atoms with Gasteiger partial charge in [0.05, 0.1) is 0 Å². The van der Waals surface area contributed by atoms with Crippen molar-refractivity contribution >= 4 is 130 Å². The number of hydrogen-bond donors (Lipinski definition) is 0. The van der Waals surface area contributed by atoms with E-state index in [1.807, 2.05) is 36.4 Å². The molecule has 0 unspecified atom stereocenters. The third-order valence-corrected chi connectivity index (χ3v) is 9.18. The van der Waals surface area contributed by atoms with Crippen molar-refractivity contribution in [1.82, 2.24) is 0 Å². The van der Waals surface area contributed by atoms with Crippen LogP contribution in [-0.2, 0) is 0 Å². The van der Waals surface area contributed by atoms with Crippen LogP contribution in [0.4, 0.5) is 0 Å². The molecule has 0 aromatic heterocycles. The fraction of sp³-hybridized carbons (Fsp3) is 0. The van der Waals surface area contributed by atoms with Crippen molar-refractivity contribution in [2.45, 2.75) is 0 Å². The Morgan fingerprint density at radius 2 is 0.861 bits per heavy atom. The van der Waals surface area contributed by atoms with E-state index in [0.717, 1.165) is 62.8 Å². The van der Waals surface area contributed by atoms with Gasteiger partial charge in [-0.15, -0.1) is 0 Å². The van der Waals surface area contributed by atoms with Crippen molar-refractivity contribution < 1.29 is 0 Å². The van der Waals surface area contributed by atoms with Crippen molar-refractivity contribution in [2.24, 2.45) is 0 Å². The normalized spacial score (nSPS) is 12.7. The van der Waals surface area contributed by atoms with E-state index in [4.69, 9.17) is 23.2 Å². The Kier molecular flexibility index (Phi) is 4.12. The van der Waals surface area contributed by atoms with E-state index in [1.54, 1.807) is 12.1 Å². The molecule has 36 heavy (non-hydrogen) atoms. The largest absolute Gasteiger partial charge is 0.289 e. The quantitative estimate of drug-likeness (QED) is 0.123. The third-order valence-electron chi connectivity index (χ3n) is 7.49. The highest BCUT2D eigenvalue weighted by molar-refractivity contribution is 9.11. The van der Waals surface area contributed by atoms with Crippen LogP contribution in [0, 0.1) is 0 Å². The molecule has 0 aliphatic heterocycles. The summed E-state index contributed by atoms with van der Waals surface area (Å²) in [6, 6.07) is 19.2. The van der Waals surface area contributed by atoms with Gasteiger partial charge in [0.25, 0.3) is 0 Å². The van der Waals surface area contributed by atoms with Crippen LogP contribution >= 0.6 is 55.1 Å². The smallest absolute Gasteiger partial charge is 0.194 e. The Labute approximate surface area is 229 Å². The second-order valence-corrected chi connectivity index (χ2v) is 11.9. The maximum Gasteiger partial charge on any atom is 0.194 e. The topological polar surface area (TPSA) is 34.1 Å². The minimum absolute atomic E-state index is 0.0509. The van der Waals surface area contributed by atoms with Crippen LogP contribution in [-0.4, -0.2) is 0 Å². The molecule has 8 rings (SSSR count). The Bertz CT molecular complexity index is 2230. The first-order chi connectivity index (χ1) is 17.3. The maximum absolute atomic E-state index is 13.7. The Morgan fingerprint density at radius 1 is 0.444 bits per heavy atom. The van der Waals surface area contributed by atoms with Gasteiger partial charge in [-0.05, 0) is 80.8 Å². The summed E-state index contributed by atoms with van der Waals surface area (Å²) in [6.07, 6.45) is 0. The van der Waals surface area contributed by atoms with Gasteiger partial charge in [-0.3, -0.25) is 9.59 Å². The van der Waals surface area contributed by atoms with Gasteiger partial charge in [0, 0.05) is 62.1 Å². The predicted octanol–water partition coefficient (Wildman–Crippen LogP) is 9.62. The lowest BCUT2D eigenvalue weighted by molar-refractivity contribution is 1.70. The summed E-state index contributed by atoms with van der Waals surface area (Å²) < 4.78 is 1.57. The molecule has 0 amide bonds. The van der Waals surface area contributed by atoms with Gasteiger partial charge in [-0.2, -0.15) is 0 Å². The fourth-order valence-corrected chi connectivity index (χ4v) is 8.20. The maximum atomic E-state index is 13.7. The van der Waals surface area contributed by atoms with E-state index in [-0.39, 0.29) is 10.9 Å². The zero-order valence-corrected chi connectivity index (χ0v) is 22.8. The summed E-state index contributed by atoms with van der Waals surface area (Å²) in [5.74, 6) is 0. The Hall–Kier alpha value is -2.76. The average molecular weight is 633 g/mol. The zero-order chi connectivity index (χ0) is 24.6. The van der Waals surface area contributed by atoms with Gasteiger partial charge in [0.15, 0.2) is 10.9 Å². The molecule has 0 N–H and O–H groups in total. The summed E-state index contributed by atoms with van der Waals surface area (Å²) >= 11 is 20.0. The molecule has 0 spiro atoms. The predicted molar refractivity (Wildman–Crippen MR) is 161 cm³/mol. The highest BCUT2D eigenvalue weighted by Gasteiger charge is 2.23. The zero-order valence-electron chi connectivity index (χ0n) is 18.1. The van der Waals surface area contributed by atoms with Crippen LogP contribution in [0.15, 0.2) is 79.2 Å². The van der Waals surface area contributed by atoms with Gasteiger partial charge in [0.2, 0.25) is 0 Å². The van der Waals surface area contributed by atoms with E-state index in [1.165, 1.54) is 0 Å². The van der Waals surface area contributed by atoms with Gasteiger partial charge in [-0.1, -0.05) is 67.2 Å². The molecule has 170 valence electrons. The minimum atomic E-state index is -0.0509. The molecular weight excluding hydrogens is 623 g/mol. The monoisotopic (exact) mass is 630 g/mol. The van der Waals surface area contributed by atoms with E-state index >= 15 is 0 Å². The highest BCUT2D eigenvalue weighted by Crippen LogP contribution is 2.47. The standard InChI is InChI=1S/C30H10Br2Cl2O2/c31-21-9-14(34)8-20-25(21)17-5-11-1-3-15-27-18(26-19(29(15)35)7-13(33)10-22(26)32)6-12-2-4-16(30(20)36)28(17)24(12)23(11)27/h1-10H. The van der Waals surface area contributed by atoms with Crippen molar-refractivity contribution in [2.75, 3.05) is 0 Å². The summed E-state index contributed by atoms with van der Waals surface area (Å²) in [6.45, 7) is 0. The van der Waals surface area contributed by atoms with Gasteiger partial charge in [0.1, 0.15) is 0 Å². The molecule has 0 bridgehead atoms. The molecule has 0 aliphatic rings. The van der Waals surface area contributed by atoms with Crippen LogP contribution in [0.25, 0.3) is 75.4 Å². The lowest BCUT2D eigenvalue weighted by Gasteiger charge is -2.19. The number of halogens is 4. The third kappa shape index (κ3) is 2.48. The van der Waals surface area contributed by atoms with Crippen molar-refractivity contribution in [3.05, 3.63) is 100 Å². The van der Waals surface area contributed by atoms with Crippen molar-refractivity contribution in [1.29, 1.82) is 0 Å². The molecule has 0 fully saturated rings. The minimum Gasteiger partial charge on any atom is -0.289 e. The van der Waals surface area contributed by atoms with Crippen LogP contribution in [0.5, 0.6) is 0 Å². The molecule has 0 heterocycles. The second-order valence-electron chi connectivity index (χ2n) is 9.30. The van der Waals surface area contributed by atoms with Gasteiger partial charge < -0.3 is 0 Å². The SMILES string of the molecule is O=c1c2cc(Cl)cc(Br)c2c2cc3ccc4c(=O)c5cc(Cl)cc(Br)c5c5cc6ccc1c2c6c3c45. The van der Waals surface area contributed by atoms with Crippen LogP contribution in [0.1, 0.15) is 0 Å². The first-order valence-electron chi connectivity index (χ1n) is 11.2. The summed E-state index contributed by atoms with van der Waals surface area (Å²) in [4.78, 5) is 27.3. The molecule has 0 atom stereocenters. The number of fused-ring (bicyclic) bond motifs is 4. The summed E-state index contributed by atoms with van der Waals surface area (Å²) in [5.41, 5.74) is -0.102. The number of rotatable bonds is 0. The number of hydrogen-bond acceptors (Lipinski definition) is 2. The van der Waals surface area contributed by atoms with E-state index in [2.05, 4.69) is 44.0 Å². The van der Waals surface area contributed by atoms with Crippen molar-refractivity contribution in [3.63, 3.8) is 0 Å². The molecule has 0 aliphatic carbocycles. The number of benzene rings is 8. The highest BCUT2D eigenvalue weighted by atomic mass is 79.9. The molecule has 2 nitrogen and oxygen atoms in total. The van der Waals surface area contributed by atoms with E-state index in [9.17, 15) is 9.59 Å². The molecule has 8 aromatic rings. The molecular formula is C30H10Br2Cl2O2. The molecule has 8 aromatic carbocycles. The Morgan fingerprint density at radius 3 is 1.28 bits per heavy atom. The molecule has 0 saturated heterocycles. The molecule has 0 radical (unpaired) electrons. The van der Waals surface area contributed by atoms with Gasteiger partial charge >= 0.3 is 0 Å². The molecule has 0 saturated carbocycles. The molecule has 6 heteroatoms. The fourth-order valence-electron chi connectivity index (χ4n) is 6.15. The summed E-state index contributed by atoms with van der Waals surface area (Å²) in [5, 5.41) is 13.0. The van der Waals surface area contributed by atoms with Crippen LogP contribution < -0.4 is 10.9 Å². The van der Waals surface area contributed by atoms with Crippen LogP contribution in [0.2, 0.25) is 10.0 Å². The first kappa shape index (κ1) is 21.3. The lowest BCUT2D eigenvalue weighted by Crippen LogP contribution is -2.06. The lowest BCUT2D eigenvalue weighted by atomic mass is 9.84.